The molecule has 0 N–H and O–H groups in total. The van der Waals surface area contributed by atoms with Crippen molar-refractivity contribution in [1.29, 1.82) is 0 Å². The third kappa shape index (κ3) is 9.02. The SMILES string of the molecule is CC(C)C[c-]1cccc1.CC(C)C[c-]1cccc1.[Ti+2]. The zero-order valence-electron chi connectivity index (χ0n) is 12.7. The molecule has 0 nitrogen and oxygen atoms in total. The van der Waals surface area contributed by atoms with Crippen LogP contribution in [0.2, 0.25) is 0 Å². The average Bonchev–Trinajstić information content (AvgIpc) is 2.90. The molecule has 2 aromatic rings. The molecule has 0 aliphatic heterocycles. The van der Waals surface area contributed by atoms with E-state index in [1.807, 2.05) is 0 Å². The second kappa shape index (κ2) is 10.2. The Hall–Kier alpha value is -0.586. The normalized spacial score (nSPS) is 10.0. The van der Waals surface area contributed by atoms with Crippen molar-refractivity contribution in [3.8, 4) is 0 Å². The molecule has 2 rings (SSSR count). The summed E-state index contributed by atoms with van der Waals surface area (Å²) in [5.74, 6) is 1.57. The van der Waals surface area contributed by atoms with Gasteiger partial charge in [-0.2, -0.15) is 35.4 Å². The molecule has 0 amide bonds. The summed E-state index contributed by atoms with van der Waals surface area (Å²) in [5.41, 5.74) is 2.93. The van der Waals surface area contributed by atoms with Crippen LogP contribution in [-0.2, 0) is 34.6 Å². The summed E-state index contributed by atoms with van der Waals surface area (Å²) in [7, 11) is 0. The topological polar surface area (TPSA) is 0 Å². The van der Waals surface area contributed by atoms with Crippen LogP contribution in [0.4, 0.5) is 0 Å². The first kappa shape index (κ1) is 18.4. The summed E-state index contributed by atoms with van der Waals surface area (Å²) in [6, 6.07) is 17.1. The van der Waals surface area contributed by atoms with Gasteiger partial charge in [-0.25, -0.2) is 24.3 Å². The molecule has 0 aromatic heterocycles. The largest absolute Gasteiger partial charge is 2.00 e. The molecule has 0 spiro atoms. The van der Waals surface area contributed by atoms with Gasteiger partial charge < -0.3 is 0 Å². The van der Waals surface area contributed by atoms with Gasteiger partial charge in [0.1, 0.15) is 0 Å². The second-order valence-corrected chi connectivity index (χ2v) is 5.78. The van der Waals surface area contributed by atoms with Crippen molar-refractivity contribution in [1.82, 2.24) is 0 Å². The Morgan fingerprint density at radius 3 is 1.11 bits per heavy atom. The van der Waals surface area contributed by atoms with E-state index in [4.69, 9.17) is 0 Å². The van der Waals surface area contributed by atoms with E-state index in [-0.39, 0.29) is 21.7 Å². The van der Waals surface area contributed by atoms with E-state index in [2.05, 4.69) is 76.2 Å². The van der Waals surface area contributed by atoms with Crippen molar-refractivity contribution >= 4 is 0 Å². The quantitative estimate of drug-likeness (QED) is 0.536. The molecule has 0 saturated carbocycles. The van der Waals surface area contributed by atoms with Crippen molar-refractivity contribution in [3.05, 3.63) is 59.7 Å². The molecule has 0 radical (unpaired) electrons. The summed E-state index contributed by atoms with van der Waals surface area (Å²) in [4.78, 5) is 0. The predicted molar refractivity (Wildman–Crippen MR) is 81.2 cm³/mol. The van der Waals surface area contributed by atoms with E-state index in [1.165, 1.54) is 24.0 Å². The Morgan fingerprint density at radius 1 is 0.632 bits per heavy atom. The number of hydrogen-bond donors (Lipinski definition) is 0. The summed E-state index contributed by atoms with van der Waals surface area (Å²) in [5, 5.41) is 0. The third-order valence-corrected chi connectivity index (χ3v) is 2.75. The van der Waals surface area contributed by atoms with Gasteiger partial charge in [-0.3, -0.25) is 0 Å². The minimum Gasteiger partial charge on any atom is -0.213 e. The van der Waals surface area contributed by atoms with Crippen LogP contribution in [0.5, 0.6) is 0 Å². The van der Waals surface area contributed by atoms with E-state index in [0.717, 1.165) is 11.8 Å². The fourth-order valence-electron chi connectivity index (χ4n) is 2.04. The van der Waals surface area contributed by atoms with E-state index < -0.39 is 0 Å². The van der Waals surface area contributed by atoms with Crippen molar-refractivity contribution < 1.29 is 21.7 Å². The molecule has 0 bridgehead atoms. The van der Waals surface area contributed by atoms with Crippen LogP contribution in [0.1, 0.15) is 38.8 Å². The standard InChI is InChI=1S/2C9H13.Ti/c2*1-8(2)7-9-5-3-4-6-9;/h2*3-6,8H,7H2,1-2H3;/q2*-1;+2. The van der Waals surface area contributed by atoms with Gasteiger partial charge >= 0.3 is 21.7 Å². The molecular weight excluding hydrogens is 264 g/mol. The smallest absolute Gasteiger partial charge is 0.213 e. The van der Waals surface area contributed by atoms with Crippen LogP contribution >= 0.6 is 0 Å². The van der Waals surface area contributed by atoms with E-state index in [0.29, 0.717) is 0 Å². The molecule has 2 aromatic carbocycles. The average molecular weight is 290 g/mol. The Bertz CT molecular complexity index is 339. The minimum atomic E-state index is 0. The van der Waals surface area contributed by atoms with Crippen LogP contribution in [0.25, 0.3) is 0 Å². The maximum atomic E-state index is 2.24. The molecule has 0 unspecified atom stereocenters. The first-order valence-electron chi connectivity index (χ1n) is 6.99. The molecule has 0 aliphatic rings. The maximum absolute atomic E-state index is 2.24. The molecule has 1 heteroatoms. The summed E-state index contributed by atoms with van der Waals surface area (Å²) in [6.07, 6.45) is 2.43. The van der Waals surface area contributed by atoms with Gasteiger partial charge in [0.25, 0.3) is 0 Å². The van der Waals surface area contributed by atoms with Crippen LogP contribution < -0.4 is 0 Å². The van der Waals surface area contributed by atoms with Crippen molar-refractivity contribution in [2.45, 2.75) is 40.5 Å². The van der Waals surface area contributed by atoms with Crippen molar-refractivity contribution in [3.63, 3.8) is 0 Å². The summed E-state index contributed by atoms with van der Waals surface area (Å²) < 4.78 is 0. The van der Waals surface area contributed by atoms with Gasteiger partial charge in [0, 0.05) is 0 Å². The van der Waals surface area contributed by atoms with Gasteiger partial charge in [0.2, 0.25) is 0 Å². The molecular formula is C18H26Ti. The van der Waals surface area contributed by atoms with Gasteiger partial charge in [-0.1, -0.05) is 52.4 Å². The molecule has 0 heterocycles. The van der Waals surface area contributed by atoms with Gasteiger partial charge in [0.15, 0.2) is 0 Å². The van der Waals surface area contributed by atoms with Gasteiger partial charge in [0.05, 0.1) is 0 Å². The molecule has 0 saturated heterocycles. The zero-order chi connectivity index (χ0) is 13.4. The van der Waals surface area contributed by atoms with Gasteiger partial charge in [-0.15, -0.1) is 0 Å². The summed E-state index contributed by atoms with van der Waals surface area (Å²) in [6.45, 7) is 8.97. The zero-order valence-corrected chi connectivity index (χ0v) is 14.2. The van der Waals surface area contributed by atoms with E-state index in [1.54, 1.807) is 0 Å². The van der Waals surface area contributed by atoms with E-state index in [9.17, 15) is 0 Å². The minimum absolute atomic E-state index is 0. The molecule has 0 atom stereocenters. The Morgan fingerprint density at radius 2 is 0.895 bits per heavy atom. The van der Waals surface area contributed by atoms with Crippen molar-refractivity contribution in [2.75, 3.05) is 0 Å². The fraction of sp³-hybridized carbons (Fsp3) is 0.444. The molecule has 0 aliphatic carbocycles. The van der Waals surface area contributed by atoms with E-state index >= 15 is 0 Å². The van der Waals surface area contributed by atoms with Crippen LogP contribution in [0, 0.1) is 11.8 Å². The number of hydrogen-bond acceptors (Lipinski definition) is 0. The van der Waals surface area contributed by atoms with Crippen molar-refractivity contribution in [2.24, 2.45) is 11.8 Å². The number of rotatable bonds is 4. The Labute approximate surface area is 133 Å². The third-order valence-electron chi connectivity index (χ3n) is 2.75. The Balaban J connectivity index is 0.000000324. The van der Waals surface area contributed by atoms with Crippen LogP contribution in [-0.4, -0.2) is 0 Å². The first-order chi connectivity index (χ1) is 8.58. The monoisotopic (exact) mass is 290 g/mol. The molecule has 102 valence electrons. The summed E-state index contributed by atoms with van der Waals surface area (Å²) >= 11 is 0. The van der Waals surface area contributed by atoms with Gasteiger partial charge in [-0.05, 0) is 0 Å². The molecule has 0 fully saturated rings. The Kier molecular flexibility index (Phi) is 9.92. The van der Waals surface area contributed by atoms with Crippen LogP contribution in [0.3, 0.4) is 0 Å². The second-order valence-electron chi connectivity index (χ2n) is 5.78. The fourth-order valence-corrected chi connectivity index (χ4v) is 2.04. The van der Waals surface area contributed by atoms with Crippen LogP contribution in [0.15, 0.2) is 48.5 Å². The maximum Gasteiger partial charge on any atom is 2.00 e. The predicted octanol–water partition coefficient (Wildman–Crippen LogP) is 5.21. The molecule has 19 heavy (non-hydrogen) atoms. The first-order valence-corrected chi connectivity index (χ1v) is 6.99.